The van der Waals surface area contributed by atoms with E-state index in [4.69, 9.17) is 16.3 Å². The molecule has 2 aliphatic heterocycles. The molecule has 152 valence electrons. The molecule has 0 aromatic heterocycles. The lowest BCUT2D eigenvalue weighted by atomic mass is 9.85. The largest absolute Gasteiger partial charge is 0.428 e. The molecule has 2 aromatic rings. The van der Waals surface area contributed by atoms with Crippen LogP contribution in [0.3, 0.4) is 0 Å². The van der Waals surface area contributed by atoms with Gasteiger partial charge in [0.15, 0.2) is 0 Å². The molecule has 4 nitrogen and oxygen atoms in total. The minimum absolute atomic E-state index is 0.0314. The third-order valence-corrected chi connectivity index (χ3v) is 5.56. The van der Waals surface area contributed by atoms with E-state index < -0.39 is 23.9 Å². The molecular weight excluding hydrogens is 405 g/mol. The van der Waals surface area contributed by atoms with Gasteiger partial charge in [-0.3, -0.25) is 10.1 Å². The first-order valence-corrected chi connectivity index (χ1v) is 9.39. The van der Waals surface area contributed by atoms with Crippen molar-refractivity contribution in [2.75, 3.05) is 18.6 Å². The number of anilines is 1. The molecule has 2 aromatic carbocycles. The van der Waals surface area contributed by atoms with Gasteiger partial charge in [-0.25, -0.2) is 0 Å². The van der Waals surface area contributed by atoms with Crippen molar-refractivity contribution >= 4 is 28.8 Å². The van der Waals surface area contributed by atoms with Crippen molar-refractivity contribution < 1.29 is 22.7 Å². The number of amides is 1. The number of halogens is 4. The van der Waals surface area contributed by atoms with Crippen molar-refractivity contribution in [3.63, 3.8) is 0 Å². The van der Waals surface area contributed by atoms with E-state index in [0.29, 0.717) is 21.8 Å². The number of rotatable bonds is 1. The molecule has 2 aliphatic rings. The first-order valence-electron chi connectivity index (χ1n) is 9.01. The van der Waals surface area contributed by atoms with Crippen LogP contribution in [0.25, 0.3) is 5.57 Å². The number of nitrogens with zero attached hydrogens (tertiary/aromatic N) is 1. The van der Waals surface area contributed by atoms with Gasteiger partial charge >= 0.3 is 6.18 Å². The van der Waals surface area contributed by atoms with Crippen molar-refractivity contribution in [2.24, 2.45) is 0 Å². The Balaban J connectivity index is 1.87. The third-order valence-electron chi connectivity index (χ3n) is 5.33. The van der Waals surface area contributed by atoms with Gasteiger partial charge in [-0.1, -0.05) is 48.0 Å². The zero-order chi connectivity index (χ0) is 20.8. The number of fused-ring (bicyclic) bond motifs is 2. The topological polar surface area (TPSA) is 41.6 Å². The number of hydrogen-bond donors (Lipinski definition) is 1. The molecule has 0 saturated carbocycles. The Morgan fingerprint density at radius 3 is 2.62 bits per heavy atom. The zero-order valence-corrected chi connectivity index (χ0v) is 16.2. The Bertz CT molecular complexity index is 978. The first kappa shape index (κ1) is 19.9. The molecular formula is C21H18ClF3N2O2. The fourth-order valence-electron chi connectivity index (χ4n) is 3.85. The van der Waals surface area contributed by atoms with Gasteiger partial charge in [-0.15, -0.1) is 0 Å². The van der Waals surface area contributed by atoms with Gasteiger partial charge in [0.1, 0.15) is 5.54 Å². The van der Waals surface area contributed by atoms with E-state index in [0.717, 1.165) is 5.56 Å². The predicted octanol–water partition coefficient (Wildman–Crippen LogP) is 4.49. The fourth-order valence-corrected chi connectivity index (χ4v) is 4.02. The van der Waals surface area contributed by atoms with E-state index in [-0.39, 0.29) is 13.0 Å². The minimum Gasteiger partial charge on any atom is -0.349 e. The molecule has 0 saturated heterocycles. The minimum atomic E-state index is -4.70. The summed E-state index contributed by atoms with van der Waals surface area (Å²) in [7, 11) is 1.54. The van der Waals surface area contributed by atoms with Crippen LogP contribution in [-0.2, 0) is 15.1 Å². The van der Waals surface area contributed by atoms with Crippen LogP contribution in [0, 0.1) is 0 Å². The molecule has 1 N–H and O–H groups in total. The second kappa shape index (κ2) is 7.16. The lowest BCUT2D eigenvalue weighted by Gasteiger charge is -2.36. The molecule has 0 unspecified atom stereocenters. The monoisotopic (exact) mass is 422 g/mol. The van der Waals surface area contributed by atoms with Crippen LogP contribution in [0.15, 0.2) is 54.6 Å². The van der Waals surface area contributed by atoms with E-state index in [9.17, 15) is 18.0 Å². The zero-order valence-electron chi connectivity index (χ0n) is 15.5. The standard InChI is InChI=1S/C21H18ClF3N2O2/c1-27-17-8-7-15(22)11-16(17)20(19(27)28)10-9-14(13-5-3-2-4-6-13)12-29-18(26-20)21(23,24)25/h2-9,11,18,26H,10,12H2,1H3/b14-9+/t18-,20-/m1/s1. The summed E-state index contributed by atoms with van der Waals surface area (Å²) in [6.45, 7) is -0.232. The molecule has 2 heterocycles. The molecule has 1 spiro atoms. The number of hydrogen-bond acceptors (Lipinski definition) is 3. The van der Waals surface area contributed by atoms with Gasteiger partial charge in [0.25, 0.3) is 5.91 Å². The predicted molar refractivity (Wildman–Crippen MR) is 105 cm³/mol. The quantitative estimate of drug-likeness (QED) is 0.736. The lowest BCUT2D eigenvalue weighted by Crippen LogP contribution is -2.59. The Hall–Kier alpha value is -2.35. The van der Waals surface area contributed by atoms with Crippen LogP contribution in [0.5, 0.6) is 0 Å². The average molecular weight is 423 g/mol. The van der Waals surface area contributed by atoms with Crippen LogP contribution < -0.4 is 10.2 Å². The van der Waals surface area contributed by atoms with Gasteiger partial charge in [0.2, 0.25) is 6.23 Å². The lowest BCUT2D eigenvalue weighted by molar-refractivity contribution is -0.233. The molecule has 0 radical (unpaired) electrons. The molecule has 1 amide bonds. The van der Waals surface area contributed by atoms with E-state index >= 15 is 0 Å². The molecule has 2 atom stereocenters. The Labute approximate surface area is 170 Å². The second-order valence-corrected chi connectivity index (χ2v) is 7.54. The maximum Gasteiger partial charge on any atom is 0.428 e. The number of ether oxygens (including phenoxy) is 1. The van der Waals surface area contributed by atoms with E-state index in [2.05, 4.69) is 5.32 Å². The number of carbonyl (C=O) groups excluding carboxylic acids is 1. The second-order valence-electron chi connectivity index (χ2n) is 7.11. The van der Waals surface area contributed by atoms with Crippen molar-refractivity contribution in [3.05, 3.63) is 70.8 Å². The van der Waals surface area contributed by atoms with Crippen molar-refractivity contribution in [1.82, 2.24) is 5.32 Å². The number of likely N-dealkylation sites (N-methyl/N-ethyl adjacent to an activating group) is 1. The summed E-state index contributed by atoms with van der Waals surface area (Å²) in [6, 6.07) is 13.8. The number of carbonyl (C=O) groups is 1. The third kappa shape index (κ3) is 3.43. The highest BCUT2D eigenvalue weighted by Crippen LogP contribution is 2.45. The molecule has 0 bridgehead atoms. The summed E-state index contributed by atoms with van der Waals surface area (Å²) < 4.78 is 46.4. The van der Waals surface area contributed by atoms with Gasteiger partial charge in [0.05, 0.1) is 6.61 Å². The normalized spacial score (nSPS) is 26.7. The van der Waals surface area contributed by atoms with Gasteiger partial charge in [-0.2, -0.15) is 13.2 Å². The van der Waals surface area contributed by atoms with Gasteiger partial charge < -0.3 is 9.64 Å². The summed E-state index contributed by atoms with van der Waals surface area (Å²) >= 11 is 6.12. The summed E-state index contributed by atoms with van der Waals surface area (Å²) in [6.07, 6.45) is -5.22. The van der Waals surface area contributed by atoms with E-state index in [1.165, 1.54) is 18.0 Å². The Kier molecular flexibility index (Phi) is 4.93. The van der Waals surface area contributed by atoms with Crippen LogP contribution in [0.4, 0.5) is 18.9 Å². The smallest absolute Gasteiger partial charge is 0.349 e. The molecule has 4 rings (SSSR count). The molecule has 0 fully saturated rings. The first-order chi connectivity index (χ1) is 13.7. The Morgan fingerprint density at radius 2 is 1.93 bits per heavy atom. The molecule has 29 heavy (non-hydrogen) atoms. The molecule has 8 heteroatoms. The maximum atomic E-state index is 13.7. The Morgan fingerprint density at radius 1 is 1.21 bits per heavy atom. The number of nitrogens with one attached hydrogen (secondary N) is 1. The van der Waals surface area contributed by atoms with Crippen molar-refractivity contribution in [2.45, 2.75) is 24.4 Å². The van der Waals surface area contributed by atoms with Crippen LogP contribution in [-0.4, -0.2) is 32.0 Å². The SMILES string of the molecule is CN1C(=O)[C@@]2(C/C=C(/c3ccccc3)CO[C@H](C(F)(F)F)N2)c2cc(Cl)ccc21. The molecule has 0 aliphatic carbocycles. The summed E-state index contributed by atoms with van der Waals surface area (Å²) in [5.74, 6) is -0.488. The summed E-state index contributed by atoms with van der Waals surface area (Å²) in [5, 5.41) is 2.80. The number of alkyl halides is 3. The van der Waals surface area contributed by atoms with Crippen LogP contribution in [0.1, 0.15) is 17.5 Å². The van der Waals surface area contributed by atoms with Crippen molar-refractivity contribution in [3.8, 4) is 0 Å². The van der Waals surface area contributed by atoms with Gasteiger partial charge in [-0.05, 0) is 35.8 Å². The highest BCUT2D eigenvalue weighted by atomic mass is 35.5. The van der Waals surface area contributed by atoms with Crippen molar-refractivity contribution in [1.29, 1.82) is 0 Å². The van der Waals surface area contributed by atoms with Crippen LogP contribution >= 0.6 is 11.6 Å². The highest BCUT2D eigenvalue weighted by Gasteiger charge is 2.55. The average Bonchev–Trinajstić information content (AvgIpc) is 2.86. The summed E-state index contributed by atoms with van der Waals surface area (Å²) in [5.41, 5.74) is 0.626. The van der Waals surface area contributed by atoms with Gasteiger partial charge in [0, 0.05) is 23.3 Å². The van der Waals surface area contributed by atoms with E-state index in [1.54, 1.807) is 42.5 Å². The highest BCUT2D eigenvalue weighted by molar-refractivity contribution is 6.31. The fraction of sp³-hybridized carbons (Fsp3) is 0.286. The number of benzene rings is 2. The van der Waals surface area contributed by atoms with Crippen LogP contribution in [0.2, 0.25) is 5.02 Å². The summed E-state index contributed by atoms with van der Waals surface area (Å²) in [4.78, 5) is 14.6. The maximum absolute atomic E-state index is 13.7. The van der Waals surface area contributed by atoms with E-state index in [1.807, 2.05) is 6.07 Å².